The van der Waals surface area contributed by atoms with Gasteiger partial charge in [-0.2, -0.15) is 0 Å². The van der Waals surface area contributed by atoms with Gasteiger partial charge in [0.2, 0.25) is 5.91 Å². The number of carbonyl (C=O) groups excluding carboxylic acids is 1. The lowest BCUT2D eigenvalue weighted by atomic mass is 10.2. The van der Waals surface area contributed by atoms with Crippen LogP contribution in [-0.2, 0) is 4.79 Å². The number of rotatable bonds is 4. The number of carboxylic acids is 1. The Morgan fingerprint density at radius 3 is 2.72 bits per heavy atom. The molecule has 0 spiro atoms. The van der Waals surface area contributed by atoms with E-state index >= 15 is 0 Å². The first kappa shape index (κ1) is 12.3. The quantitative estimate of drug-likeness (QED) is 0.897. The van der Waals surface area contributed by atoms with Gasteiger partial charge < -0.3 is 5.11 Å². The molecule has 0 saturated carbocycles. The van der Waals surface area contributed by atoms with Crippen molar-refractivity contribution in [3.8, 4) is 0 Å². The SMILES string of the molecule is Cc1nc2ccccc2n1C(=O)CCCC(=O)O. The van der Waals surface area contributed by atoms with Crippen molar-refractivity contribution < 1.29 is 14.7 Å². The van der Waals surface area contributed by atoms with Gasteiger partial charge in [-0.3, -0.25) is 14.2 Å². The van der Waals surface area contributed by atoms with E-state index in [9.17, 15) is 9.59 Å². The molecule has 5 nitrogen and oxygen atoms in total. The van der Waals surface area contributed by atoms with E-state index in [2.05, 4.69) is 4.98 Å². The molecule has 0 atom stereocenters. The van der Waals surface area contributed by atoms with E-state index in [1.165, 1.54) is 0 Å². The zero-order valence-corrected chi connectivity index (χ0v) is 10.1. The zero-order chi connectivity index (χ0) is 13.1. The van der Waals surface area contributed by atoms with Crippen molar-refractivity contribution in [1.82, 2.24) is 9.55 Å². The molecule has 5 heteroatoms. The molecule has 1 aromatic heterocycles. The van der Waals surface area contributed by atoms with Gasteiger partial charge in [-0.1, -0.05) is 12.1 Å². The van der Waals surface area contributed by atoms with E-state index < -0.39 is 5.97 Å². The van der Waals surface area contributed by atoms with Gasteiger partial charge in [0, 0.05) is 12.8 Å². The summed E-state index contributed by atoms with van der Waals surface area (Å²) in [6.07, 6.45) is 0.574. The summed E-state index contributed by atoms with van der Waals surface area (Å²) in [4.78, 5) is 26.8. The van der Waals surface area contributed by atoms with Crippen molar-refractivity contribution >= 4 is 22.9 Å². The van der Waals surface area contributed by atoms with Gasteiger partial charge in [0.1, 0.15) is 5.82 Å². The Bertz CT molecular complexity index is 601. The number of hydrogen-bond acceptors (Lipinski definition) is 3. The maximum absolute atomic E-state index is 12.1. The van der Waals surface area contributed by atoms with Crippen LogP contribution in [-0.4, -0.2) is 26.5 Å². The van der Waals surface area contributed by atoms with Crippen LogP contribution < -0.4 is 0 Å². The van der Waals surface area contributed by atoms with E-state index in [1.54, 1.807) is 11.5 Å². The molecule has 2 aromatic rings. The first-order valence-electron chi connectivity index (χ1n) is 5.78. The molecule has 2 rings (SSSR count). The van der Waals surface area contributed by atoms with Crippen molar-refractivity contribution in [1.29, 1.82) is 0 Å². The smallest absolute Gasteiger partial charge is 0.303 e. The molecule has 1 heterocycles. The van der Waals surface area contributed by atoms with E-state index in [0.29, 0.717) is 12.2 Å². The minimum Gasteiger partial charge on any atom is -0.481 e. The van der Waals surface area contributed by atoms with Gasteiger partial charge in [0.25, 0.3) is 0 Å². The Labute approximate surface area is 104 Å². The van der Waals surface area contributed by atoms with Crippen LogP contribution >= 0.6 is 0 Å². The van der Waals surface area contributed by atoms with Gasteiger partial charge in [-0.25, -0.2) is 4.98 Å². The van der Waals surface area contributed by atoms with Crippen molar-refractivity contribution in [3.63, 3.8) is 0 Å². The molecule has 0 fully saturated rings. The third kappa shape index (κ3) is 2.40. The van der Waals surface area contributed by atoms with Crippen LogP contribution in [0.5, 0.6) is 0 Å². The molecule has 1 aromatic carbocycles. The van der Waals surface area contributed by atoms with Gasteiger partial charge in [-0.05, 0) is 25.5 Å². The van der Waals surface area contributed by atoms with E-state index in [4.69, 9.17) is 5.11 Å². The second kappa shape index (κ2) is 5.00. The maximum atomic E-state index is 12.1. The lowest BCUT2D eigenvalue weighted by Crippen LogP contribution is -2.12. The summed E-state index contributed by atoms with van der Waals surface area (Å²) >= 11 is 0. The molecule has 0 radical (unpaired) electrons. The Hall–Kier alpha value is -2.17. The Morgan fingerprint density at radius 2 is 2.00 bits per heavy atom. The van der Waals surface area contributed by atoms with E-state index in [1.807, 2.05) is 24.3 Å². The highest BCUT2D eigenvalue weighted by Gasteiger charge is 2.13. The summed E-state index contributed by atoms with van der Waals surface area (Å²) in [5.41, 5.74) is 1.55. The number of hydrogen-bond donors (Lipinski definition) is 1. The number of aromatic nitrogens is 2. The lowest BCUT2D eigenvalue weighted by molar-refractivity contribution is -0.137. The average molecular weight is 246 g/mol. The predicted octanol–water partition coefficient (Wildman–Crippen LogP) is 2.24. The Kier molecular flexibility index (Phi) is 3.41. The highest BCUT2D eigenvalue weighted by atomic mass is 16.4. The van der Waals surface area contributed by atoms with Gasteiger partial charge in [-0.15, -0.1) is 0 Å². The summed E-state index contributed by atoms with van der Waals surface area (Å²) < 4.78 is 1.55. The molecule has 0 saturated heterocycles. The predicted molar refractivity (Wildman–Crippen MR) is 66.6 cm³/mol. The topological polar surface area (TPSA) is 72.2 Å². The number of carbonyl (C=O) groups is 2. The van der Waals surface area contributed by atoms with E-state index in [-0.39, 0.29) is 18.7 Å². The van der Waals surface area contributed by atoms with Crippen LogP contribution in [0.15, 0.2) is 24.3 Å². The number of imidazole rings is 1. The third-order valence-corrected chi connectivity index (χ3v) is 2.76. The molecule has 0 amide bonds. The van der Waals surface area contributed by atoms with Crippen LogP contribution in [0, 0.1) is 6.92 Å². The fourth-order valence-electron chi connectivity index (χ4n) is 1.96. The van der Waals surface area contributed by atoms with E-state index in [0.717, 1.165) is 11.0 Å². The summed E-state index contributed by atoms with van der Waals surface area (Å²) in [5, 5.41) is 8.55. The first-order valence-corrected chi connectivity index (χ1v) is 5.78. The summed E-state index contributed by atoms with van der Waals surface area (Å²) in [7, 11) is 0. The molecule has 0 aliphatic heterocycles. The monoisotopic (exact) mass is 246 g/mol. The zero-order valence-electron chi connectivity index (χ0n) is 10.1. The minimum absolute atomic E-state index is 0.0113. The fourth-order valence-corrected chi connectivity index (χ4v) is 1.96. The normalized spacial score (nSPS) is 10.7. The van der Waals surface area contributed by atoms with Gasteiger partial charge in [0.15, 0.2) is 0 Å². The van der Waals surface area contributed by atoms with Gasteiger partial charge in [0.05, 0.1) is 11.0 Å². The summed E-state index contributed by atoms with van der Waals surface area (Å²) in [5.74, 6) is -0.353. The molecular formula is C13H14N2O3. The number of aliphatic carboxylic acids is 1. The molecule has 0 aliphatic carbocycles. The van der Waals surface area contributed by atoms with Crippen LogP contribution in [0.4, 0.5) is 0 Å². The van der Waals surface area contributed by atoms with Crippen molar-refractivity contribution in [2.75, 3.05) is 0 Å². The molecule has 0 aliphatic rings. The third-order valence-electron chi connectivity index (χ3n) is 2.76. The standard InChI is InChI=1S/C13H14N2O3/c1-9-14-10-5-2-3-6-11(10)15(9)12(16)7-4-8-13(17)18/h2-3,5-6H,4,7-8H2,1H3,(H,17,18). The number of para-hydroxylation sites is 2. The number of fused-ring (bicyclic) bond motifs is 1. The number of benzene rings is 1. The number of nitrogens with zero attached hydrogens (tertiary/aromatic N) is 2. The summed E-state index contributed by atoms with van der Waals surface area (Å²) in [6, 6.07) is 7.41. The second-order valence-corrected chi connectivity index (χ2v) is 4.12. The Balaban J connectivity index is 2.22. The molecule has 1 N–H and O–H groups in total. The van der Waals surface area contributed by atoms with Crippen LogP contribution in [0.25, 0.3) is 11.0 Å². The van der Waals surface area contributed by atoms with Crippen LogP contribution in [0.2, 0.25) is 0 Å². The fraction of sp³-hybridized carbons (Fsp3) is 0.308. The highest BCUT2D eigenvalue weighted by molar-refractivity contribution is 5.91. The molecule has 18 heavy (non-hydrogen) atoms. The molecule has 0 unspecified atom stereocenters. The first-order chi connectivity index (χ1) is 8.59. The van der Waals surface area contributed by atoms with Crippen molar-refractivity contribution in [2.24, 2.45) is 0 Å². The second-order valence-electron chi connectivity index (χ2n) is 4.12. The average Bonchev–Trinajstić information content (AvgIpc) is 2.64. The van der Waals surface area contributed by atoms with Crippen LogP contribution in [0.3, 0.4) is 0 Å². The molecule has 0 bridgehead atoms. The maximum Gasteiger partial charge on any atom is 0.303 e. The molecule has 94 valence electrons. The lowest BCUT2D eigenvalue weighted by Gasteiger charge is -2.04. The van der Waals surface area contributed by atoms with Crippen molar-refractivity contribution in [3.05, 3.63) is 30.1 Å². The number of carboxylic acid groups (broad SMARTS) is 1. The van der Waals surface area contributed by atoms with Crippen molar-refractivity contribution in [2.45, 2.75) is 26.2 Å². The molecular weight excluding hydrogens is 232 g/mol. The van der Waals surface area contributed by atoms with Crippen LogP contribution in [0.1, 0.15) is 29.9 Å². The summed E-state index contributed by atoms with van der Waals surface area (Å²) in [6.45, 7) is 1.77. The van der Waals surface area contributed by atoms with Gasteiger partial charge >= 0.3 is 5.97 Å². The number of aryl methyl sites for hydroxylation is 1. The Morgan fingerprint density at radius 1 is 1.28 bits per heavy atom. The highest BCUT2D eigenvalue weighted by Crippen LogP contribution is 2.16. The largest absolute Gasteiger partial charge is 0.481 e. The minimum atomic E-state index is -0.880.